The third-order valence-electron chi connectivity index (χ3n) is 5.41. The summed E-state index contributed by atoms with van der Waals surface area (Å²) >= 11 is 1.41. The molecule has 0 aliphatic heterocycles. The summed E-state index contributed by atoms with van der Waals surface area (Å²) < 4.78 is 25.0. The first-order valence-electron chi connectivity index (χ1n) is 10.3. The highest BCUT2D eigenvalue weighted by Crippen LogP contribution is 2.30. The number of amides is 1. The van der Waals surface area contributed by atoms with E-state index in [1.54, 1.807) is 13.0 Å². The molecule has 9 heteroatoms. The third-order valence-corrected chi connectivity index (χ3v) is 7.41. The van der Waals surface area contributed by atoms with E-state index in [1.807, 2.05) is 36.6 Å². The van der Waals surface area contributed by atoms with Crippen LogP contribution in [0.3, 0.4) is 0 Å². The van der Waals surface area contributed by atoms with Crippen molar-refractivity contribution < 1.29 is 13.2 Å². The highest BCUT2D eigenvalue weighted by Gasteiger charge is 2.15. The fourth-order valence-corrected chi connectivity index (χ4v) is 5.03. The number of anilines is 1. The number of fused-ring (bicyclic) bond motifs is 1. The van der Waals surface area contributed by atoms with E-state index in [-0.39, 0.29) is 29.3 Å². The minimum Gasteiger partial charge on any atom is -0.326 e. The lowest BCUT2D eigenvalue weighted by Crippen LogP contribution is -2.23. The summed E-state index contributed by atoms with van der Waals surface area (Å²) in [5.41, 5.74) is 3.90. The fraction of sp³-hybridized carbons (Fsp3) is 0.208. The molecule has 170 valence electrons. The van der Waals surface area contributed by atoms with E-state index < -0.39 is 9.84 Å². The van der Waals surface area contributed by atoms with E-state index in [0.29, 0.717) is 15.9 Å². The van der Waals surface area contributed by atoms with Crippen LogP contribution in [0.1, 0.15) is 17.5 Å². The molecule has 0 unspecified atom stereocenters. The molecule has 0 bridgehead atoms. The second kappa shape index (κ2) is 8.92. The van der Waals surface area contributed by atoms with Crippen LogP contribution >= 0.6 is 11.3 Å². The van der Waals surface area contributed by atoms with Crippen molar-refractivity contribution in [2.75, 3.05) is 11.6 Å². The Labute approximate surface area is 195 Å². The van der Waals surface area contributed by atoms with Gasteiger partial charge in [0.25, 0.3) is 5.56 Å². The summed E-state index contributed by atoms with van der Waals surface area (Å²) in [6.45, 7) is 3.95. The van der Waals surface area contributed by atoms with Crippen LogP contribution in [0.4, 0.5) is 5.69 Å². The number of nitrogens with zero attached hydrogens (tertiary/aromatic N) is 2. The minimum atomic E-state index is -3.39. The van der Waals surface area contributed by atoms with Gasteiger partial charge in [0, 0.05) is 35.9 Å². The number of hydrogen-bond donors (Lipinski definition) is 1. The van der Waals surface area contributed by atoms with Gasteiger partial charge in [-0.15, -0.1) is 11.3 Å². The SMILES string of the molecule is Cc1ccc(-c2csc3ncn(CCC(=O)Nc4cc(S(C)(=O)=O)ccc4C)c(=O)c23)cc1. The normalized spacial score (nSPS) is 11.6. The molecule has 2 aromatic carbocycles. The smallest absolute Gasteiger partial charge is 0.262 e. The number of sulfone groups is 1. The molecule has 33 heavy (non-hydrogen) atoms. The van der Waals surface area contributed by atoms with Crippen LogP contribution in [0.15, 0.2) is 63.9 Å². The Balaban J connectivity index is 1.55. The van der Waals surface area contributed by atoms with Crippen molar-refractivity contribution in [2.24, 2.45) is 0 Å². The molecule has 4 rings (SSSR count). The lowest BCUT2D eigenvalue weighted by Gasteiger charge is -2.11. The molecule has 1 amide bonds. The summed E-state index contributed by atoms with van der Waals surface area (Å²) in [4.78, 5) is 30.9. The van der Waals surface area contributed by atoms with E-state index in [9.17, 15) is 18.0 Å². The van der Waals surface area contributed by atoms with Gasteiger partial charge in [0.1, 0.15) is 4.83 Å². The van der Waals surface area contributed by atoms with Crippen LogP contribution in [-0.4, -0.2) is 30.1 Å². The topological polar surface area (TPSA) is 98.1 Å². The Morgan fingerprint density at radius 2 is 1.85 bits per heavy atom. The number of carbonyl (C=O) groups excluding carboxylic acids is 1. The lowest BCUT2D eigenvalue weighted by molar-refractivity contribution is -0.116. The Hall–Kier alpha value is -3.30. The summed E-state index contributed by atoms with van der Waals surface area (Å²) in [6, 6.07) is 12.6. The van der Waals surface area contributed by atoms with Crippen LogP contribution in [0, 0.1) is 13.8 Å². The van der Waals surface area contributed by atoms with Crippen LogP contribution < -0.4 is 10.9 Å². The zero-order valence-electron chi connectivity index (χ0n) is 18.5. The Morgan fingerprint density at radius 3 is 2.55 bits per heavy atom. The number of hydrogen-bond acceptors (Lipinski definition) is 6. The molecule has 4 aromatic rings. The zero-order valence-corrected chi connectivity index (χ0v) is 20.1. The first-order valence-corrected chi connectivity index (χ1v) is 13.0. The van der Waals surface area contributed by atoms with Crippen LogP contribution in [-0.2, 0) is 21.2 Å². The fourth-order valence-electron chi connectivity index (χ4n) is 3.47. The Kier molecular flexibility index (Phi) is 6.18. The second-order valence-electron chi connectivity index (χ2n) is 7.99. The summed E-state index contributed by atoms with van der Waals surface area (Å²) in [5.74, 6) is -0.320. The monoisotopic (exact) mass is 481 g/mol. The molecule has 0 radical (unpaired) electrons. The molecular weight excluding hydrogens is 458 g/mol. The largest absolute Gasteiger partial charge is 0.326 e. The number of carbonyl (C=O) groups is 1. The molecule has 2 aromatic heterocycles. The number of nitrogens with one attached hydrogen (secondary N) is 1. The first-order chi connectivity index (χ1) is 15.6. The summed E-state index contributed by atoms with van der Waals surface area (Å²) in [6.07, 6.45) is 2.62. The molecule has 0 aliphatic carbocycles. The van der Waals surface area contributed by atoms with Gasteiger partial charge < -0.3 is 5.32 Å². The number of thiophene rings is 1. The standard InChI is InChI=1S/C24H23N3O4S2/c1-15-4-7-17(8-5-15)19-13-32-23-22(19)24(29)27(14-25-23)11-10-21(28)26-20-12-18(33(3,30)31)9-6-16(20)2/h4-9,12-14H,10-11H2,1-3H3,(H,26,28). The molecule has 0 aliphatic rings. The molecule has 7 nitrogen and oxygen atoms in total. The van der Waals surface area contributed by atoms with Crippen LogP contribution in [0.5, 0.6) is 0 Å². The van der Waals surface area contributed by atoms with Gasteiger partial charge in [0.05, 0.1) is 16.6 Å². The maximum Gasteiger partial charge on any atom is 0.262 e. The molecule has 0 spiro atoms. The van der Waals surface area contributed by atoms with Crippen LogP contribution in [0.25, 0.3) is 21.3 Å². The Morgan fingerprint density at radius 1 is 1.12 bits per heavy atom. The molecule has 2 heterocycles. The van der Waals surface area contributed by atoms with Crippen molar-refractivity contribution in [3.63, 3.8) is 0 Å². The van der Waals surface area contributed by atoms with E-state index in [1.165, 1.54) is 34.4 Å². The molecule has 0 atom stereocenters. The van der Waals surface area contributed by atoms with Gasteiger partial charge in [-0.05, 0) is 37.1 Å². The van der Waals surface area contributed by atoms with Gasteiger partial charge in [-0.1, -0.05) is 35.9 Å². The quantitative estimate of drug-likeness (QED) is 0.446. The number of aromatic nitrogens is 2. The molecular formula is C24H23N3O4S2. The van der Waals surface area contributed by atoms with E-state index >= 15 is 0 Å². The lowest BCUT2D eigenvalue weighted by atomic mass is 10.1. The first kappa shape index (κ1) is 22.9. The molecule has 0 saturated heterocycles. The van der Waals surface area contributed by atoms with Gasteiger partial charge >= 0.3 is 0 Å². The second-order valence-corrected chi connectivity index (χ2v) is 10.9. The average molecular weight is 482 g/mol. The van der Waals surface area contributed by atoms with Gasteiger partial charge in [0.2, 0.25) is 5.91 Å². The van der Waals surface area contributed by atoms with Crippen molar-refractivity contribution in [1.82, 2.24) is 9.55 Å². The molecule has 0 fully saturated rings. The highest BCUT2D eigenvalue weighted by atomic mass is 32.2. The van der Waals surface area contributed by atoms with Gasteiger partial charge in [0.15, 0.2) is 9.84 Å². The van der Waals surface area contributed by atoms with Gasteiger partial charge in [-0.2, -0.15) is 0 Å². The summed E-state index contributed by atoms with van der Waals surface area (Å²) in [7, 11) is -3.39. The van der Waals surface area contributed by atoms with Crippen molar-refractivity contribution in [3.05, 3.63) is 75.7 Å². The molecule has 1 N–H and O–H groups in total. The minimum absolute atomic E-state index is 0.0413. The number of rotatable bonds is 6. The third kappa shape index (κ3) is 4.89. The predicted octanol–water partition coefficient (Wildman–Crippen LogP) is 4.17. The summed E-state index contributed by atoms with van der Waals surface area (Å²) in [5, 5.41) is 5.22. The molecule has 0 saturated carbocycles. The maximum absolute atomic E-state index is 13.2. The average Bonchev–Trinajstić information content (AvgIpc) is 3.19. The van der Waals surface area contributed by atoms with Crippen molar-refractivity contribution in [3.8, 4) is 11.1 Å². The van der Waals surface area contributed by atoms with Crippen molar-refractivity contribution in [2.45, 2.75) is 31.7 Å². The van der Waals surface area contributed by atoms with E-state index in [2.05, 4.69) is 10.3 Å². The van der Waals surface area contributed by atoms with Gasteiger partial charge in [-0.3, -0.25) is 14.2 Å². The van der Waals surface area contributed by atoms with Crippen molar-refractivity contribution >= 4 is 43.0 Å². The number of benzene rings is 2. The van der Waals surface area contributed by atoms with Crippen LogP contribution in [0.2, 0.25) is 0 Å². The number of aryl methyl sites for hydroxylation is 3. The van der Waals surface area contributed by atoms with Gasteiger partial charge in [-0.25, -0.2) is 13.4 Å². The van der Waals surface area contributed by atoms with E-state index in [0.717, 1.165) is 28.5 Å². The zero-order chi connectivity index (χ0) is 23.8. The Bertz CT molecular complexity index is 1520. The van der Waals surface area contributed by atoms with E-state index in [4.69, 9.17) is 0 Å². The predicted molar refractivity (Wildman–Crippen MR) is 132 cm³/mol. The highest BCUT2D eigenvalue weighted by molar-refractivity contribution is 7.90. The van der Waals surface area contributed by atoms with Crippen molar-refractivity contribution in [1.29, 1.82) is 0 Å². The maximum atomic E-state index is 13.2.